The highest BCUT2D eigenvalue weighted by Gasteiger charge is 2.62. The summed E-state index contributed by atoms with van der Waals surface area (Å²) in [6.07, 6.45) is 0.580. The van der Waals surface area contributed by atoms with E-state index in [4.69, 9.17) is 22.1 Å². The molecule has 24 heavy (non-hydrogen) atoms. The zero-order valence-electron chi connectivity index (χ0n) is 15.3. The highest BCUT2D eigenvalue weighted by atomic mass is 35.5. The van der Waals surface area contributed by atoms with Crippen molar-refractivity contribution in [1.29, 1.82) is 0 Å². The van der Waals surface area contributed by atoms with E-state index in [1.807, 2.05) is 45.0 Å². The van der Waals surface area contributed by atoms with Gasteiger partial charge in [-0.1, -0.05) is 51.4 Å². The van der Waals surface area contributed by atoms with Crippen molar-refractivity contribution in [2.45, 2.75) is 58.1 Å². The van der Waals surface area contributed by atoms with Crippen LogP contribution in [0.3, 0.4) is 0 Å². The monoisotopic (exact) mass is 352 g/mol. The molecule has 1 fully saturated rings. The Hall–Kier alpha value is -1.10. The molecule has 0 spiro atoms. The van der Waals surface area contributed by atoms with Gasteiger partial charge in [-0.15, -0.1) is 0 Å². The van der Waals surface area contributed by atoms with Gasteiger partial charge in [0.2, 0.25) is 5.91 Å². The summed E-state index contributed by atoms with van der Waals surface area (Å²) in [4.78, 5) is 12.7. The van der Waals surface area contributed by atoms with Gasteiger partial charge in [-0.2, -0.15) is 0 Å². The fourth-order valence-electron chi connectivity index (χ4n) is 3.29. The standard InChI is InChI=1S/C19H29ClN2O2/c1-6-24-15-11-19(21,18(15,4)5)16(23)22-12-17(2,3)13-8-7-9-14(20)10-13/h7-10,15H,6,11-12,21H2,1-5H3,(H,22,23). The largest absolute Gasteiger partial charge is 0.378 e. The van der Waals surface area contributed by atoms with Gasteiger partial charge in [0, 0.05) is 35.4 Å². The van der Waals surface area contributed by atoms with Crippen molar-refractivity contribution in [2.75, 3.05) is 13.2 Å². The molecule has 1 amide bonds. The van der Waals surface area contributed by atoms with Gasteiger partial charge in [0.25, 0.3) is 0 Å². The predicted octanol–water partition coefficient (Wildman–Crippen LogP) is 3.27. The smallest absolute Gasteiger partial charge is 0.240 e. The summed E-state index contributed by atoms with van der Waals surface area (Å²) in [6, 6.07) is 7.73. The molecule has 2 unspecified atom stereocenters. The zero-order valence-corrected chi connectivity index (χ0v) is 16.0. The molecule has 4 nitrogen and oxygen atoms in total. The Balaban J connectivity index is 2.03. The number of nitrogens with one attached hydrogen (secondary N) is 1. The molecule has 1 aromatic rings. The lowest BCUT2D eigenvalue weighted by atomic mass is 9.54. The van der Waals surface area contributed by atoms with Crippen LogP contribution in [0.4, 0.5) is 0 Å². The molecule has 0 aliphatic heterocycles. The maximum absolute atomic E-state index is 12.7. The Morgan fingerprint density at radius 2 is 2.12 bits per heavy atom. The third-order valence-electron chi connectivity index (χ3n) is 5.53. The van der Waals surface area contributed by atoms with E-state index in [0.29, 0.717) is 24.6 Å². The molecule has 1 aromatic carbocycles. The number of benzene rings is 1. The number of carbonyl (C=O) groups is 1. The first-order valence-corrected chi connectivity index (χ1v) is 8.87. The number of halogens is 1. The zero-order chi connectivity index (χ0) is 18.2. The van der Waals surface area contributed by atoms with Crippen LogP contribution >= 0.6 is 11.6 Å². The van der Waals surface area contributed by atoms with Crippen LogP contribution in [0, 0.1) is 5.41 Å². The van der Waals surface area contributed by atoms with Crippen LogP contribution < -0.4 is 11.1 Å². The lowest BCUT2D eigenvalue weighted by molar-refractivity contribution is -0.170. The molecule has 2 atom stereocenters. The van der Waals surface area contributed by atoms with Crippen LogP contribution in [-0.4, -0.2) is 30.7 Å². The van der Waals surface area contributed by atoms with Crippen LogP contribution in [0.15, 0.2) is 24.3 Å². The molecule has 1 saturated carbocycles. The quantitative estimate of drug-likeness (QED) is 0.825. The molecule has 134 valence electrons. The van der Waals surface area contributed by atoms with Crippen LogP contribution in [0.5, 0.6) is 0 Å². The van der Waals surface area contributed by atoms with Crippen molar-refractivity contribution in [3.8, 4) is 0 Å². The van der Waals surface area contributed by atoms with Crippen molar-refractivity contribution >= 4 is 17.5 Å². The van der Waals surface area contributed by atoms with Crippen molar-refractivity contribution in [2.24, 2.45) is 11.1 Å². The second kappa shape index (κ2) is 6.66. The molecular formula is C19H29ClN2O2. The molecule has 0 radical (unpaired) electrons. The second-order valence-electron chi connectivity index (χ2n) is 7.92. The summed E-state index contributed by atoms with van der Waals surface area (Å²) >= 11 is 6.08. The van der Waals surface area contributed by atoms with Gasteiger partial charge < -0.3 is 15.8 Å². The molecule has 2 rings (SSSR count). The number of rotatable bonds is 6. The molecule has 0 bridgehead atoms. The maximum Gasteiger partial charge on any atom is 0.240 e. The molecule has 1 aliphatic rings. The molecule has 5 heteroatoms. The minimum Gasteiger partial charge on any atom is -0.378 e. The highest BCUT2D eigenvalue weighted by molar-refractivity contribution is 6.30. The van der Waals surface area contributed by atoms with Crippen molar-refractivity contribution < 1.29 is 9.53 Å². The summed E-state index contributed by atoms with van der Waals surface area (Å²) in [5.41, 5.74) is 6.00. The number of nitrogens with two attached hydrogens (primary N) is 1. The maximum atomic E-state index is 12.7. The van der Waals surface area contributed by atoms with E-state index in [2.05, 4.69) is 19.2 Å². The summed E-state index contributed by atoms with van der Waals surface area (Å²) in [6.45, 7) is 11.2. The molecule has 3 N–H and O–H groups in total. The van der Waals surface area contributed by atoms with Gasteiger partial charge in [-0.25, -0.2) is 0 Å². The lowest BCUT2D eigenvalue weighted by Crippen LogP contribution is -2.76. The highest BCUT2D eigenvalue weighted by Crippen LogP contribution is 2.49. The summed E-state index contributed by atoms with van der Waals surface area (Å²) < 4.78 is 5.69. The Labute approximate surface area is 150 Å². The van der Waals surface area contributed by atoms with E-state index in [9.17, 15) is 4.79 Å². The first kappa shape index (κ1) is 19.2. The molecule has 0 heterocycles. The van der Waals surface area contributed by atoms with Gasteiger partial charge in [-0.05, 0) is 24.6 Å². The van der Waals surface area contributed by atoms with E-state index in [1.165, 1.54) is 0 Å². The average Bonchev–Trinajstić information content (AvgIpc) is 2.52. The number of ether oxygens (including phenoxy) is 1. The van der Waals surface area contributed by atoms with Gasteiger partial charge in [0.15, 0.2) is 0 Å². The van der Waals surface area contributed by atoms with Crippen LogP contribution in [0.2, 0.25) is 5.02 Å². The summed E-state index contributed by atoms with van der Waals surface area (Å²) in [7, 11) is 0. The minimum absolute atomic E-state index is 0.0270. The third kappa shape index (κ3) is 3.32. The van der Waals surface area contributed by atoms with Gasteiger partial charge in [0.1, 0.15) is 5.54 Å². The van der Waals surface area contributed by atoms with Crippen LogP contribution in [-0.2, 0) is 14.9 Å². The van der Waals surface area contributed by atoms with Gasteiger partial charge in [-0.3, -0.25) is 4.79 Å². The van der Waals surface area contributed by atoms with Crippen LogP contribution in [0.25, 0.3) is 0 Å². The molecule has 0 aromatic heterocycles. The Kier molecular flexibility index (Phi) is 5.34. The van der Waals surface area contributed by atoms with E-state index >= 15 is 0 Å². The first-order valence-electron chi connectivity index (χ1n) is 8.49. The number of carbonyl (C=O) groups excluding carboxylic acids is 1. The second-order valence-corrected chi connectivity index (χ2v) is 8.35. The van der Waals surface area contributed by atoms with Crippen molar-refractivity contribution in [3.63, 3.8) is 0 Å². The lowest BCUT2D eigenvalue weighted by Gasteiger charge is -2.57. The first-order chi connectivity index (χ1) is 11.0. The minimum atomic E-state index is -0.892. The Morgan fingerprint density at radius 1 is 1.46 bits per heavy atom. The average molecular weight is 353 g/mol. The molecule has 1 aliphatic carbocycles. The molecule has 0 saturated heterocycles. The van der Waals surface area contributed by atoms with Crippen LogP contribution in [0.1, 0.15) is 46.6 Å². The number of amides is 1. The Bertz CT molecular complexity index is 615. The normalized spacial score (nSPS) is 25.9. The van der Waals surface area contributed by atoms with Gasteiger partial charge in [0.05, 0.1) is 6.10 Å². The fourth-order valence-corrected chi connectivity index (χ4v) is 3.48. The van der Waals surface area contributed by atoms with Crippen molar-refractivity contribution in [1.82, 2.24) is 5.32 Å². The van der Waals surface area contributed by atoms with E-state index in [0.717, 1.165) is 5.56 Å². The predicted molar refractivity (Wildman–Crippen MR) is 98.2 cm³/mol. The van der Waals surface area contributed by atoms with E-state index in [-0.39, 0.29) is 22.8 Å². The van der Waals surface area contributed by atoms with E-state index < -0.39 is 5.54 Å². The van der Waals surface area contributed by atoms with Gasteiger partial charge >= 0.3 is 0 Å². The molecular weight excluding hydrogens is 324 g/mol. The SMILES string of the molecule is CCOC1CC(N)(C(=O)NCC(C)(C)c2cccc(Cl)c2)C1(C)C. The Morgan fingerprint density at radius 3 is 2.67 bits per heavy atom. The number of hydrogen-bond donors (Lipinski definition) is 2. The topological polar surface area (TPSA) is 64.3 Å². The third-order valence-corrected chi connectivity index (χ3v) is 5.77. The summed E-state index contributed by atoms with van der Waals surface area (Å²) in [5, 5.41) is 3.74. The van der Waals surface area contributed by atoms with Crippen molar-refractivity contribution in [3.05, 3.63) is 34.9 Å². The summed E-state index contributed by atoms with van der Waals surface area (Å²) in [5.74, 6) is -0.112. The number of hydrogen-bond acceptors (Lipinski definition) is 3. The van der Waals surface area contributed by atoms with E-state index in [1.54, 1.807) is 0 Å². The fraction of sp³-hybridized carbons (Fsp3) is 0.632.